The quantitative estimate of drug-likeness (QED) is 0.600. The highest BCUT2D eigenvalue weighted by molar-refractivity contribution is 5.83. The summed E-state index contributed by atoms with van der Waals surface area (Å²) < 4.78 is 2.14. The van der Waals surface area contributed by atoms with Crippen LogP contribution < -0.4 is 0 Å². The Kier molecular flexibility index (Phi) is 1.51. The molecule has 0 amide bonds. The predicted octanol–water partition coefficient (Wildman–Crippen LogP) is 2.82. The van der Waals surface area contributed by atoms with Crippen LogP contribution in [0.5, 0.6) is 0 Å². The first-order valence-corrected chi connectivity index (χ1v) is 4.00. The van der Waals surface area contributed by atoms with E-state index in [9.17, 15) is 0 Å². The first-order chi connectivity index (χ1) is 5.83. The SMILES string of the molecule is C=Cc1cc2ccccc2n1C. The molecule has 0 unspecified atom stereocenters. The minimum Gasteiger partial charge on any atom is -0.344 e. The minimum atomic E-state index is 1.16. The van der Waals surface area contributed by atoms with Gasteiger partial charge in [-0.3, -0.25) is 0 Å². The number of fused-ring (bicyclic) bond motifs is 1. The van der Waals surface area contributed by atoms with Gasteiger partial charge in [-0.25, -0.2) is 0 Å². The van der Waals surface area contributed by atoms with Crippen molar-refractivity contribution in [1.82, 2.24) is 4.57 Å². The third-order valence-electron chi connectivity index (χ3n) is 2.20. The molecule has 1 aromatic carbocycles. The van der Waals surface area contributed by atoms with E-state index in [0.717, 1.165) is 5.69 Å². The van der Waals surface area contributed by atoms with Crippen molar-refractivity contribution in [2.75, 3.05) is 0 Å². The zero-order valence-electron chi connectivity index (χ0n) is 7.12. The molecule has 1 heterocycles. The Hall–Kier alpha value is -1.50. The van der Waals surface area contributed by atoms with Crippen LogP contribution in [-0.4, -0.2) is 4.57 Å². The average Bonchev–Trinajstić information content (AvgIpc) is 2.44. The molecular formula is C11H11N. The summed E-state index contributed by atoms with van der Waals surface area (Å²) in [7, 11) is 2.05. The van der Waals surface area contributed by atoms with Gasteiger partial charge in [-0.1, -0.05) is 24.8 Å². The lowest BCUT2D eigenvalue weighted by atomic mass is 10.2. The Morgan fingerprint density at radius 3 is 2.75 bits per heavy atom. The highest BCUT2D eigenvalue weighted by Crippen LogP contribution is 2.18. The van der Waals surface area contributed by atoms with E-state index in [-0.39, 0.29) is 0 Å². The van der Waals surface area contributed by atoms with Crippen molar-refractivity contribution in [1.29, 1.82) is 0 Å². The molecule has 0 N–H and O–H groups in total. The van der Waals surface area contributed by atoms with Crippen LogP contribution in [0.2, 0.25) is 0 Å². The highest BCUT2D eigenvalue weighted by atomic mass is 14.9. The maximum atomic E-state index is 3.77. The Morgan fingerprint density at radius 1 is 1.33 bits per heavy atom. The molecule has 0 spiro atoms. The normalized spacial score (nSPS) is 10.4. The smallest absolute Gasteiger partial charge is 0.0482 e. The molecule has 0 fully saturated rings. The Balaban J connectivity index is 2.87. The van der Waals surface area contributed by atoms with E-state index in [1.54, 1.807) is 0 Å². The molecule has 12 heavy (non-hydrogen) atoms. The van der Waals surface area contributed by atoms with Gasteiger partial charge < -0.3 is 4.57 Å². The Morgan fingerprint density at radius 2 is 2.08 bits per heavy atom. The van der Waals surface area contributed by atoms with Gasteiger partial charge in [0, 0.05) is 23.6 Å². The topological polar surface area (TPSA) is 4.93 Å². The van der Waals surface area contributed by atoms with Crippen molar-refractivity contribution in [3.8, 4) is 0 Å². The molecule has 60 valence electrons. The first kappa shape index (κ1) is 7.17. The largest absolute Gasteiger partial charge is 0.344 e. The molecule has 1 aromatic heterocycles. The number of rotatable bonds is 1. The molecule has 0 aliphatic rings. The van der Waals surface area contributed by atoms with E-state index in [1.165, 1.54) is 10.9 Å². The van der Waals surface area contributed by atoms with Gasteiger partial charge in [0.25, 0.3) is 0 Å². The summed E-state index contributed by atoms with van der Waals surface area (Å²) in [5.41, 5.74) is 2.42. The first-order valence-electron chi connectivity index (χ1n) is 4.00. The predicted molar refractivity (Wildman–Crippen MR) is 53.0 cm³/mol. The van der Waals surface area contributed by atoms with Gasteiger partial charge in [0.2, 0.25) is 0 Å². The van der Waals surface area contributed by atoms with Crippen LogP contribution in [0.15, 0.2) is 36.9 Å². The molecule has 0 aliphatic heterocycles. The Bertz CT molecular complexity index is 423. The lowest BCUT2D eigenvalue weighted by Gasteiger charge is -1.97. The van der Waals surface area contributed by atoms with E-state index in [4.69, 9.17) is 0 Å². The van der Waals surface area contributed by atoms with Crippen LogP contribution in [-0.2, 0) is 7.05 Å². The number of aromatic nitrogens is 1. The molecule has 0 saturated carbocycles. The summed E-state index contributed by atoms with van der Waals surface area (Å²) in [6, 6.07) is 10.5. The molecule has 1 heteroatoms. The maximum Gasteiger partial charge on any atom is 0.0482 e. The molecule has 1 nitrogen and oxygen atoms in total. The monoisotopic (exact) mass is 157 g/mol. The average molecular weight is 157 g/mol. The molecule has 0 radical (unpaired) electrons. The minimum absolute atomic E-state index is 1.16. The second kappa shape index (κ2) is 2.52. The number of hydrogen-bond acceptors (Lipinski definition) is 0. The fourth-order valence-electron chi connectivity index (χ4n) is 1.51. The van der Waals surface area contributed by atoms with Crippen LogP contribution in [0.25, 0.3) is 17.0 Å². The number of hydrogen-bond donors (Lipinski definition) is 0. The molecule has 0 aliphatic carbocycles. The van der Waals surface area contributed by atoms with Gasteiger partial charge in [0.15, 0.2) is 0 Å². The van der Waals surface area contributed by atoms with E-state index < -0.39 is 0 Å². The van der Waals surface area contributed by atoms with Crippen molar-refractivity contribution in [3.63, 3.8) is 0 Å². The molecule has 2 rings (SSSR count). The lowest BCUT2D eigenvalue weighted by Crippen LogP contribution is -1.88. The second-order valence-corrected chi connectivity index (χ2v) is 2.89. The molecule has 0 bridgehead atoms. The van der Waals surface area contributed by atoms with Gasteiger partial charge >= 0.3 is 0 Å². The van der Waals surface area contributed by atoms with E-state index >= 15 is 0 Å². The molecule has 0 saturated heterocycles. The lowest BCUT2D eigenvalue weighted by molar-refractivity contribution is 0.955. The van der Waals surface area contributed by atoms with Gasteiger partial charge in [0.1, 0.15) is 0 Å². The second-order valence-electron chi connectivity index (χ2n) is 2.89. The summed E-state index contributed by atoms with van der Waals surface area (Å²) >= 11 is 0. The van der Waals surface area contributed by atoms with Gasteiger partial charge in [-0.15, -0.1) is 0 Å². The summed E-state index contributed by atoms with van der Waals surface area (Å²) in [6.45, 7) is 3.77. The highest BCUT2D eigenvalue weighted by Gasteiger charge is 1.99. The van der Waals surface area contributed by atoms with E-state index in [1.807, 2.05) is 6.08 Å². The van der Waals surface area contributed by atoms with Crippen molar-refractivity contribution in [2.45, 2.75) is 0 Å². The summed E-state index contributed by atoms with van der Waals surface area (Å²) in [5.74, 6) is 0. The zero-order valence-corrected chi connectivity index (χ0v) is 7.12. The van der Waals surface area contributed by atoms with Gasteiger partial charge in [0.05, 0.1) is 0 Å². The third kappa shape index (κ3) is 0.866. The van der Waals surface area contributed by atoms with Crippen LogP contribution >= 0.6 is 0 Å². The van der Waals surface area contributed by atoms with Crippen LogP contribution in [0.1, 0.15) is 5.69 Å². The van der Waals surface area contributed by atoms with Crippen LogP contribution in [0, 0.1) is 0 Å². The van der Waals surface area contributed by atoms with Gasteiger partial charge in [-0.2, -0.15) is 0 Å². The van der Waals surface area contributed by atoms with Crippen molar-refractivity contribution < 1.29 is 0 Å². The molecule has 0 atom stereocenters. The molecular weight excluding hydrogens is 146 g/mol. The van der Waals surface area contributed by atoms with Crippen LogP contribution in [0.3, 0.4) is 0 Å². The number of para-hydroxylation sites is 1. The fourth-order valence-corrected chi connectivity index (χ4v) is 1.51. The van der Waals surface area contributed by atoms with Crippen molar-refractivity contribution in [3.05, 3.63) is 42.6 Å². The third-order valence-corrected chi connectivity index (χ3v) is 2.20. The number of nitrogens with zero attached hydrogens (tertiary/aromatic N) is 1. The number of aryl methyl sites for hydroxylation is 1. The molecule has 2 aromatic rings. The van der Waals surface area contributed by atoms with Crippen LogP contribution in [0.4, 0.5) is 0 Å². The van der Waals surface area contributed by atoms with E-state index in [2.05, 4.69) is 48.5 Å². The fraction of sp³-hybridized carbons (Fsp3) is 0.0909. The summed E-state index contributed by atoms with van der Waals surface area (Å²) in [4.78, 5) is 0. The maximum absolute atomic E-state index is 3.77. The zero-order chi connectivity index (χ0) is 8.55. The Labute approximate surface area is 71.9 Å². The van der Waals surface area contributed by atoms with Crippen molar-refractivity contribution in [2.24, 2.45) is 7.05 Å². The number of benzene rings is 1. The van der Waals surface area contributed by atoms with Crippen molar-refractivity contribution >= 4 is 17.0 Å². The summed E-state index contributed by atoms with van der Waals surface area (Å²) in [5, 5.41) is 1.27. The standard InChI is InChI=1S/C11H11N/c1-3-10-8-9-6-4-5-7-11(9)12(10)2/h3-8H,1H2,2H3. The van der Waals surface area contributed by atoms with Gasteiger partial charge in [-0.05, 0) is 18.2 Å². The summed E-state index contributed by atoms with van der Waals surface area (Å²) in [6.07, 6.45) is 1.88. The van der Waals surface area contributed by atoms with E-state index in [0.29, 0.717) is 0 Å².